The summed E-state index contributed by atoms with van der Waals surface area (Å²) >= 11 is 6.95. The predicted molar refractivity (Wildman–Crippen MR) is 67.9 cm³/mol. The maximum atomic E-state index is 11.0. The first kappa shape index (κ1) is 13.3. The van der Waals surface area contributed by atoms with Crippen LogP contribution in [-0.2, 0) is 10.0 Å². The van der Waals surface area contributed by atoms with Crippen LogP contribution in [0.25, 0.3) is 0 Å². The summed E-state index contributed by atoms with van der Waals surface area (Å²) in [5, 5.41) is 0.438. The van der Waals surface area contributed by atoms with E-state index >= 15 is 0 Å². The van der Waals surface area contributed by atoms with Gasteiger partial charge in [-0.15, -0.1) is 4.40 Å². The maximum absolute atomic E-state index is 11.0. The second kappa shape index (κ2) is 5.56. The van der Waals surface area contributed by atoms with Gasteiger partial charge < -0.3 is 4.74 Å². The van der Waals surface area contributed by atoms with Gasteiger partial charge in [0.2, 0.25) is 0 Å². The fourth-order valence-corrected chi connectivity index (χ4v) is 2.21. The summed E-state index contributed by atoms with van der Waals surface area (Å²) in [7, 11) is -3.47. The molecule has 1 aromatic rings. The number of nitrogens with zero attached hydrogens (tertiary/aromatic N) is 1. The van der Waals surface area contributed by atoms with Crippen molar-refractivity contribution >= 4 is 38.6 Å². The number of rotatable bonds is 2. The number of thioether (sulfide) groups is 1. The molecule has 0 N–H and O–H groups in total. The highest BCUT2D eigenvalue weighted by Gasteiger charge is 2.08. The summed E-state index contributed by atoms with van der Waals surface area (Å²) in [5.41, 5.74) is 0. The van der Waals surface area contributed by atoms with Crippen molar-refractivity contribution in [3.05, 3.63) is 29.3 Å². The van der Waals surface area contributed by atoms with Crippen LogP contribution in [-0.4, -0.2) is 26.2 Å². The van der Waals surface area contributed by atoms with Gasteiger partial charge in [-0.2, -0.15) is 0 Å². The molecular formula is C9H10ClNO3S2. The first-order valence-corrected chi connectivity index (χ1v) is 7.64. The van der Waals surface area contributed by atoms with Gasteiger partial charge in [0, 0.05) is 0 Å². The van der Waals surface area contributed by atoms with Crippen molar-refractivity contribution in [1.82, 2.24) is 0 Å². The minimum Gasteiger partial charge on any atom is -0.432 e. The summed E-state index contributed by atoms with van der Waals surface area (Å²) in [5.74, 6) is 0.376. The quantitative estimate of drug-likeness (QED) is 0.616. The zero-order valence-corrected chi connectivity index (χ0v) is 11.1. The molecule has 0 aliphatic rings. The minimum atomic E-state index is -3.47. The molecule has 0 amide bonds. The van der Waals surface area contributed by atoms with Crippen LogP contribution in [0.3, 0.4) is 0 Å². The lowest BCUT2D eigenvalue weighted by molar-refractivity contribution is 0.564. The number of sulfonamides is 1. The van der Waals surface area contributed by atoms with Gasteiger partial charge in [-0.1, -0.05) is 35.5 Å². The van der Waals surface area contributed by atoms with E-state index < -0.39 is 10.0 Å². The molecule has 1 rings (SSSR count). The third-order valence-corrected chi connectivity index (χ3v) is 2.90. The minimum absolute atomic E-state index is 0.0376. The molecule has 7 heteroatoms. The zero-order chi connectivity index (χ0) is 12.2. The Labute approximate surface area is 104 Å². The lowest BCUT2D eigenvalue weighted by Crippen LogP contribution is -2.07. The van der Waals surface area contributed by atoms with Crippen molar-refractivity contribution in [3.63, 3.8) is 0 Å². The van der Waals surface area contributed by atoms with Crippen molar-refractivity contribution in [2.45, 2.75) is 0 Å². The standard InChI is InChI=1S/C9H10ClNO3S2/c1-15-9(11-16(2,12)13)14-8-6-4-3-5-7(8)10/h3-6H,1-2H3/b11-9-. The molecule has 4 nitrogen and oxygen atoms in total. The van der Waals surface area contributed by atoms with Gasteiger partial charge in [-0.05, 0) is 18.4 Å². The van der Waals surface area contributed by atoms with Crippen molar-refractivity contribution in [2.24, 2.45) is 4.40 Å². The zero-order valence-electron chi connectivity index (χ0n) is 8.68. The van der Waals surface area contributed by atoms with Gasteiger partial charge in [0.25, 0.3) is 15.3 Å². The van der Waals surface area contributed by atoms with Crippen molar-refractivity contribution < 1.29 is 13.2 Å². The average Bonchev–Trinajstić information content (AvgIpc) is 2.18. The van der Waals surface area contributed by atoms with E-state index in [4.69, 9.17) is 16.3 Å². The Morgan fingerprint density at radius 1 is 1.44 bits per heavy atom. The fraction of sp³-hybridized carbons (Fsp3) is 0.222. The van der Waals surface area contributed by atoms with E-state index in [1.807, 2.05) is 0 Å². The number of benzene rings is 1. The molecule has 0 aliphatic carbocycles. The van der Waals surface area contributed by atoms with E-state index in [1.54, 1.807) is 30.5 Å². The molecule has 0 aliphatic heterocycles. The summed E-state index contributed by atoms with van der Waals surface area (Å²) in [6.07, 6.45) is 2.67. The van der Waals surface area contributed by atoms with Crippen LogP contribution in [0.15, 0.2) is 28.7 Å². The SMILES string of the molecule is CS/C(=N\S(C)(=O)=O)Oc1ccccc1Cl. The van der Waals surface area contributed by atoms with Crippen LogP contribution in [0, 0.1) is 0 Å². The Kier molecular flexibility index (Phi) is 4.64. The topological polar surface area (TPSA) is 55.7 Å². The Balaban J connectivity index is 2.96. The van der Waals surface area contributed by atoms with Crippen LogP contribution in [0.1, 0.15) is 0 Å². The Morgan fingerprint density at radius 2 is 2.06 bits per heavy atom. The Bertz CT molecular complexity index is 499. The van der Waals surface area contributed by atoms with E-state index in [1.165, 1.54) is 0 Å². The van der Waals surface area contributed by atoms with E-state index in [0.29, 0.717) is 10.8 Å². The first-order valence-electron chi connectivity index (χ1n) is 4.18. The van der Waals surface area contributed by atoms with E-state index in [9.17, 15) is 8.42 Å². The number of halogens is 1. The summed E-state index contributed by atoms with van der Waals surface area (Å²) in [6.45, 7) is 0. The largest absolute Gasteiger partial charge is 0.432 e. The third-order valence-electron chi connectivity index (χ3n) is 1.45. The van der Waals surface area contributed by atoms with Gasteiger partial charge in [0.1, 0.15) is 5.75 Å². The van der Waals surface area contributed by atoms with Gasteiger partial charge in [0.15, 0.2) is 0 Å². The lowest BCUT2D eigenvalue weighted by Gasteiger charge is -2.06. The Morgan fingerprint density at radius 3 is 2.56 bits per heavy atom. The van der Waals surface area contributed by atoms with Crippen molar-refractivity contribution in [1.29, 1.82) is 0 Å². The normalized spacial score (nSPS) is 12.6. The molecule has 0 aromatic heterocycles. The highest BCUT2D eigenvalue weighted by molar-refractivity contribution is 8.13. The molecule has 16 heavy (non-hydrogen) atoms. The van der Waals surface area contributed by atoms with Gasteiger partial charge in [-0.3, -0.25) is 0 Å². The molecule has 0 unspecified atom stereocenters. The summed E-state index contributed by atoms with van der Waals surface area (Å²) in [4.78, 5) is 0. The van der Waals surface area contributed by atoms with E-state index in [-0.39, 0.29) is 5.23 Å². The van der Waals surface area contributed by atoms with Crippen molar-refractivity contribution in [2.75, 3.05) is 12.5 Å². The molecule has 0 saturated heterocycles. The molecule has 0 heterocycles. The molecule has 1 aromatic carbocycles. The molecule has 88 valence electrons. The van der Waals surface area contributed by atoms with Gasteiger partial charge in [0.05, 0.1) is 11.3 Å². The maximum Gasteiger partial charge on any atom is 0.266 e. The first-order chi connectivity index (χ1) is 7.42. The second-order valence-corrected chi connectivity index (χ2v) is 5.64. The van der Waals surface area contributed by atoms with Crippen LogP contribution in [0.5, 0.6) is 5.75 Å². The summed E-state index contributed by atoms with van der Waals surface area (Å²) in [6, 6.07) is 6.77. The molecule has 0 saturated carbocycles. The Hall–Kier alpha value is -0.720. The third kappa shape index (κ3) is 4.42. The second-order valence-electron chi connectivity index (χ2n) is 2.83. The van der Waals surface area contributed by atoms with E-state index in [0.717, 1.165) is 18.0 Å². The molecule has 0 fully saturated rings. The van der Waals surface area contributed by atoms with Crippen LogP contribution in [0.4, 0.5) is 0 Å². The summed E-state index contributed by atoms with van der Waals surface area (Å²) < 4.78 is 30.6. The highest BCUT2D eigenvalue weighted by atomic mass is 35.5. The molecule has 0 radical (unpaired) electrons. The monoisotopic (exact) mass is 279 g/mol. The van der Waals surface area contributed by atoms with Gasteiger partial charge >= 0.3 is 0 Å². The predicted octanol–water partition coefficient (Wildman–Crippen LogP) is 2.40. The van der Waals surface area contributed by atoms with Crippen LogP contribution in [0.2, 0.25) is 5.02 Å². The number of hydrogen-bond donors (Lipinski definition) is 0. The smallest absolute Gasteiger partial charge is 0.266 e. The van der Waals surface area contributed by atoms with Crippen LogP contribution < -0.4 is 4.74 Å². The van der Waals surface area contributed by atoms with Crippen LogP contribution >= 0.6 is 23.4 Å². The molecule has 0 atom stereocenters. The lowest BCUT2D eigenvalue weighted by atomic mass is 10.3. The average molecular weight is 280 g/mol. The number of ether oxygens (including phenoxy) is 1. The van der Waals surface area contributed by atoms with Gasteiger partial charge in [-0.25, -0.2) is 8.42 Å². The molecule has 0 spiro atoms. The molecule has 0 bridgehead atoms. The molecular weight excluding hydrogens is 270 g/mol. The fourth-order valence-electron chi connectivity index (χ4n) is 0.855. The number of para-hydroxylation sites is 1. The number of hydrogen-bond acceptors (Lipinski definition) is 4. The van der Waals surface area contributed by atoms with Crippen molar-refractivity contribution in [3.8, 4) is 5.75 Å². The highest BCUT2D eigenvalue weighted by Crippen LogP contribution is 2.24. The van der Waals surface area contributed by atoms with E-state index in [2.05, 4.69) is 4.40 Å².